The highest BCUT2D eigenvalue weighted by Gasteiger charge is 2.22. The fraction of sp³-hybridized carbons (Fsp3) is 0.407. The average Bonchev–Trinajstić information content (AvgIpc) is 3.21. The summed E-state index contributed by atoms with van der Waals surface area (Å²) in [5, 5.41) is 4.23. The number of hydrogen-bond donors (Lipinski definition) is 2. The van der Waals surface area contributed by atoms with E-state index >= 15 is 0 Å². The highest BCUT2D eigenvalue weighted by Crippen LogP contribution is 2.33. The highest BCUT2D eigenvalue weighted by atomic mass is 16.2. The van der Waals surface area contributed by atoms with Gasteiger partial charge in [-0.25, -0.2) is 0 Å². The molecule has 1 saturated heterocycles. The number of nitrogens with zero attached hydrogens (tertiary/aromatic N) is 1. The summed E-state index contributed by atoms with van der Waals surface area (Å²) in [4.78, 5) is 31.1. The lowest BCUT2D eigenvalue weighted by Crippen LogP contribution is -2.35. The number of piperidine rings is 1. The molecule has 166 valence electrons. The summed E-state index contributed by atoms with van der Waals surface area (Å²) < 4.78 is 0. The van der Waals surface area contributed by atoms with Crippen LogP contribution < -0.4 is 5.32 Å². The molecule has 1 unspecified atom stereocenters. The summed E-state index contributed by atoms with van der Waals surface area (Å²) in [5.41, 5.74) is 6.01. The second kappa shape index (κ2) is 8.81. The Morgan fingerprint density at radius 1 is 1.06 bits per heavy atom. The lowest BCUT2D eigenvalue weighted by molar-refractivity contribution is 0.0724. The first-order chi connectivity index (χ1) is 15.6. The molecule has 2 heterocycles. The molecular formula is C27H31N3O2. The molecule has 3 aromatic rings. The van der Waals surface area contributed by atoms with Gasteiger partial charge in [0.2, 0.25) is 0 Å². The molecule has 0 saturated carbocycles. The Hall–Kier alpha value is -3.08. The van der Waals surface area contributed by atoms with Crippen LogP contribution in [0.3, 0.4) is 0 Å². The van der Waals surface area contributed by atoms with E-state index in [2.05, 4.69) is 23.3 Å². The van der Waals surface area contributed by atoms with Crippen molar-refractivity contribution < 1.29 is 9.59 Å². The van der Waals surface area contributed by atoms with Crippen molar-refractivity contribution in [2.45, 2.75) is 52.0 Å². The van der Waals surface area contributed by atoms with Crippen LogP contribution in [0.2, 0.25) is 0 Å². The summed E-state index contributed by atoms with van der Waals surface area (Å²) in [6, 6.07) is 13.6. The SMILES string of the molecule is CC1CCc2[nH]c3c(C(=O)NCc4ccc(C(=O)N5CCCCC5)cc4)cccc3c2C1. The molecule has 5 rings (SSSR count). The third kappa shape index (κ3) is 4.04. The Labute approximate surface area is 189 Å². The van der Waals surface area contributed by atoms with Crippen LogP contribution in [0.4, 0.5) is 0 Å². The number of carbonyl (C=O) groups is 2. The van der Waals surface area contributed by atoms with E-state index in [9.17, 15) is 9.59 Å². The van der Waals surface area contributed by atoms with Gasteiger partial charge in [0.15, 0.2) is 0 Å². The van der Waals surface area contributed by atoms with Crippen LogP contribution in [0.15, 0.2) is 42.5 Å². The number of carbonyl (C=O) groups excluding carboxylic acids is 2. The van der Waals surface area contributed by atoms with E-state index in [1.54, 1.807) is 0 Å². The minimum atomic E-state index is -0.0734. The van der Waals surface area contributed by atoms with Gasteiger partial charge in [0.25, 0.3) is 11.8 Å². The van der Waals surface area contributed by atoms with Gasteiger partial charge in [0.05, 0.1) is 11.1 Å². The molecule has 0 bridgehead atoms. The molecule has 0 spiro atoms. The van der Waals surface area contributed by atoms with Crippen LogP contribution in [0.1, 0.15) is 70.1 Å². The normalized spacial score (nSPS) is 18.4. The van der Waals surface area contributed by atoms with Crippen molar-refractivity contribution in [3.05, 3.63) is 70.4 Å². The number of nitrogens with one attached hydrogen (secondary N) is 2. The van der Waals surface area contributed by atoms with Crippen LogP contribution in [0, 0.1) is 5.92 Å². The molecule has 2 N–H and O–H groups in total. The van der Waals surface area contributed by atoms with E-state index in [0.29, 0.717) is 18.0 Å². The number of rotatable bonds is 4. The van der Waals surface area contributed by atoms with E-state index in [1.165, 1.54) is 29.5 Å². The van der Waals surface area contributed by atoms with Crippen LogP contribution in [-0.4, -0.2) is 34.8 Å². The maximum Gasteiger partial charge on any atom is 0.253 e. The predicted octanol–water partition coefficient (Wildman–Crippen LogP) is 4.85. The van der Waals surface area contributed by atoms with Gasteiger partial charge in [-0.05, 0) is 73.8 Å². The van der Waals surface area contributed by atoms with Crippen molar-refractivity contribution >= 4 is 22.7 Å². The van der Waals surface area contributed by atoms with Crippen molar-refractivity contribution in [2.24, 2.45) is 5.92 Å². The minimum Gasteiger partial charge on any atom is -0.358 e. The fourth-order valence-corrected chi connectivity index (χ4v) is 5.13. The first-order valence-corrected chi connectivity index (χ1v) is 11.9. The molecule has 5 heteroatoms. The van der Waals surface area contributed by atoms with Gasteiger partial charge in [0, 0.05) is 36.3 Å². The van der Waals surface area contributed by atoms with Gasteiger partial charge in [-0.15, -0.1) is 0 Å². The number of aromatic amines is 1. The van der Waals surface area contributed by atoms with E-state index in [1.807, 2.05) is 41.3 Å². The van der Waals surface area contributed by atoms with Crippen molar-refractivity contribution in [3.8, 4) is 0 Å². The van der Waals surface area contributed by atoms with Gasteiger partial charge >= 0.3 is 0 Å². The second-order valence-corrected chi connectivity index (χ2v) is 9.39. The first kappa shape index (κ1) is 20.8. The van der Waals surface area contributed by atoms with Gasteiger partial charge in [-0.2, -0.15) is 0 Å². The predicted molar refractivity (Wildman–Crippen MR) is 127 cm³/mol. The van der Waals surface area contributed by atoms with Crippen LogP contribution in [0.5, 0.6) is 0 Å². The molecule has 2 aromatic carbocycles. The van der Waals surface area contributed by atoms with Gasteiger partial charge < -0.3 is 15.2 Å². The molecule has 1 aliphatic heterocycles. The summed E-state index contributed by atoms with van der Waals surface area (Å²) in [6.45, 7) is 4.43. The lowest BCUT2D eigenvalue weighted by Gasteiger charge is -2.26. The van der Waals surface area contributed by atoms with Gasteiger partial charge in [0.1, 0.15) is 0 Å². The number of fused-ring (bicyclic) bond motifs is 3. The zero-order valence-electron chi connectivity index (χ0n) is 18.7. The number of hydrogen-bond acceptors (Lipinski definition) is 2. The smallest absolute Gasteiger partial charge is 0.253 e. The molecule has 1 fully saturated rings. The standard InChI is InChI=1S/C27H31N3O2/c1-18-8-13-24-23(16-18)21-6-5-7-22(25(21)29-24)26(31)28-17-19-9-11-20(12-10-19)27(32)30-14-3-2-4-15-30/h5-7,9-12,18,29H,2-4,8,13-17H2,1H3,(H,28,31). The van der Waals surface area contributed by atoms with Crippen molar-refractivity contribution in [2.75, 3.05) is 13.1 Å². The van der Waals surface area contributed by atoms with Gasteiger partial charge in [-0.1, -0.05) is 31.2 Å². The van der Waals surface area contributed by atoms with Crippen LogP contribution in [0.25, 0.3) is 10.9 Å². The summed E-state index contributed by atoms with van der Waals surface area (Å²) in [7, 11) is 0. The molecule has 1 aliphatic carbocycles. The summed E-state index contributed by atoms with van der Waals surface area (Å²) >= 11 is 0. The first-order valence-electron chi connectivity index (χ1n) is 11.9. The minimum absolute atomic E-state index is 0.0734. The largest absolute Gasteiger partial charge is 0.358 e. The summed E-state index contributed by atoms with van der Waals surface area (Å²) in [6.07, 6.45) is 6.70. The Kier molecular flexibility index (Phi) is 5.73. The third-order valence-corrected chi connectivity index (χ3v) is 7.01. The molecular weight excluding hydrogens is 398 g/mol. The van der Waals surface area contributed by atoms with E-state index in [4.69, 9.17) is 0 Å². The highest BCUT2D eigenvalue weighted by molar-refractivity contribution is 6.06. The zero-order valence-corrected chi connectivity index (χ0v) is 18.7. The molecule has 5 nitrogen and oxygen atoms in total. The molecule has 0 radical (unpaired) electrons. The number of para-hydroxylation sites is 1. The Bertz CT molecular complexity index is 1140. The Morgan fingerprint density at radius 3 is 2.62 bits per heavy atom. The molecule has 1 aromatic heterocycles. The summed E-state index contributed by atoms with van der Waals surface area (Å²) in [5.74, 6) is 0.719. The second-order valence-electron chi connectivity index (χ2n) is 9.39. The van der Waals surface area contributed by atoms with Crippen molar-refractivity contribution in [3.63, 3.8) is 0 Å². The molecule has 2 amide bonds. The molecule has 1 atom stereocenters. The number of amides is 2. The topological polar surface area (TPSA) is 65.2 Å². The van der Waals surface area contributed by atoms with Gasteiger partial charge in [-0.3, -0.25) is 9.59 Å². The van der Waals surface area contributed by atoms with Crippen LogP contribution >= 0.6 is 0 Å². The Balaban J connectivity index is 1.27. The number of likely N-dealkylation sites (tertiary alicyclic amines) is 1. The number of aromatic nitrogens is 1. The van der Waals surface area contributed by atoms with Crippen molar-refractivity contribution in [1.29, 1.82) is 0 Å². The Morgan fingerprint density at radius 2 is 1.84 bits per heavy atom. The number of H-pyrrole nitrogens is 1. The number of benzene rings is 2. The quantitative estimate of drug-likeness (QED) is 0.623. The van der Waals surface area contributed by atoms with Crippen molar-refractivity contribution in [1.82, 2.24) is 15.2 Å². The van der Waals surface area contributed by atoms with E-state index < -0.39 is 0 Å². The fourth-order valence-electron chi connectivity index (χ4n) is 5.13. The zero-order chi connectivity index (χ0) is 22.1. The molecule has 32 heavy (non-hydrogen) atoms. The van der Waals surface area contributed by atoms with E-state index in [-0.39, 0.29) is 11.8 Å². The lowest BCUT2D eigenvalue weighted by atomic mass is 9.87. The maximum atomic E-state index is 13.0. The monoisotopic (exact) mass is 429 g/mol. The average molecular weight is 430 g/mol. The molecule has 2 aliphatic rings. The maximum absolute atomic E-state index is 13.0. The van der Waals surface area contributed by atoms with E-state index in [0.717, 1.165) is 55.4 Å². The third-order valence-electron chi connectivity index (χ3n) is 7.01. The van der Waals surface area contributed by atoms with Crippen LogP contribution in [-0.2, 0) is 19.4 Å². The number of aryl methyl sites for hydroxylation is 1.